The van der Waals surface area contributed by atoms with Gasteiger partial charge < -0.3 is 9.84 Å². The maximum absolute atomic E-state index is 13.3. The zero-order valence-corrected chi connectivity index (χ0v) is 16.1. The highest BCUT2D eigenvalue weighted by Crippen LogP contribution is 2.48. The van der Waals surface area contributed by atoms with Crippen LogP contribution in [-0.4, -0.2) is 24.7 Å². The molecule has 0 amide bonds. The third-order valence-electron chi connectivity index (χ3n) is 5.43. The fourth-order valence-electron chi connectivity index (χ4n) is 4.02. The molecule has 7 heteroatoms. The minimum absolute atomic E-state index is 0.121. The topological polar surface area (TPSA) is 72.5 Å². The van der Waals surface area contributed by atoms with Crippen LogP contribution >= 0.6 is 0 Å². The van der Waals surface area contributed by atoms with Gasteiger partial charge in [0.2, 0.25) is 5.88 Å². The Bertz CT molecular complexity index is 1430. The van der Waals surface area contributed by atoms with E-state index in [-0.39, 0.29) is 17.5 Å². The normalized spacial score (nSPS) is 14.7. The van der Waals surface area contributed by atoms with Gasteiger partial charge in [0, 0.05) is 23.1 Å². The van der Waals surface area contributed by atoms with Crippen LogP contribution in [0.5, 0.6) is 17.4 Å². The van der Waals surface area contributed by atoms with Gasteiger partial charge in [0.25, 0.3) is 0 Å². The van der Waals surface area contributed by atoms with Gasteiger partial charge in [0.15, 0.2) is 11.5 Å². The summed E-state index contributed by atoms with van der Waals surface area (Å²) in [7, 11) is 0. The Morgan fingerprint density at radius 1 is 0.968 bits per heavy atom. The van der Waals surface area contributed by atoms with E-state index in [4.69, 9.17) is 9.72 Å². The first-order chi connectivity index (χ1) is 15.2. The molecule has 6 nitrogen and oxygen atoms in total. The zero-order chi connectivity index (χ0) is 20.9. The quantitative estimate of drug-likeness (QED) is 0.439. The van der Waals surface area contributed by atoms with Crippen LogP contribution in [0.3, 0.4) is 0 Å². The van der Waals surface area contributed by atoms with E-state index in [9.17, 15) is 9.50 Å². The lowest BCUT2D eigenvalue weighted by Gasteiger charge is -2.27. The average Bonchev–Trinajstić information content (AvgIpc) is 3.23. The first-order valence-corrected chi connectivity index (χ1v) is 9.74. The molecule has 6 rings (SSSR count). The highest BCUT2D eigenvalue weighted by Gasteiger charge is 2.33. The largest absolute Gasteiger partial charge is 0.508 e. The van der Waals surface area contributed by atoms with Gasteiger partial charge in [0.05, 0.1) is 5.56 Å². The number of aromatic hydroxyl groups is 1. The summed E-state index contributed by atoms with van der Waals surface area (Å²) in [5, 5.41) is 14.5. The van der Waals surface area contributed by atoms with E-state index in [1.54, 1.807) is 35.1 Å². The number of aromatic nitrogens is 4. The van der Waals surface area contributed by atoms with Crippen LogP contribution in [0.15, 0.2) is 79.1 Å². The van der Waals surface area contributed by atoms with Crippen molar-refractivity contribution in [3.8, 4) is 28.8 Å². The lowest BCUT2D eigenvalue weighted by molar-refractivity contribution is 0.422. The minimum Gasteiger partial charge on any atom is -0.508 e. The number of hydrogen-bond donors (Lipinski definition) is 1. The highest BCUT2D eigenvalue weighted by molar-refractivity contribution is 5.68. The van der Waals surface area contributed by atoms with Crippen molar-refractivity contribution in [2.75, 3.05) is 0 Å². The molecule has 5 aromatic rings. The second-order valence-electron chi connectivity index (χ2n) is 7.34. The van der Waals surface area contributed by atoms with Crippen molar-refractivity contribution in [3.05, 3.63) is 102 Å². The number of nitrogens with zero attached hydrogens (tertiary/aromatic N) is 4. The van der Waals surface area contributed by atoms with Gasteiger partial charge in [-0.2, -0.15) is 0 Å². The molecule has 1 N–H and O–H groups in total. The second kappa shape index (κ2) is 6.63. The number of ether oxygens (including phenoxy) is 1. The van der Waals surface area contributed by atoms with Crippen LogP contribution in [0.1, 0.15) is 22.6 Å². The van der Waals surface area contributed by atoms with E-state index in [1.807, 2.05) is 36.4 Å². The van der Waals surface area contributed by atoms with Crippen LogP contribution in [0, 0.1) is 5.82 Å². The fourth-order valence-corrected chi connectivity index (χ4v) is 4.02. The SMILES string of the molecule is Oc1ccc2c(c1)Oc1ncn3nc(-c4ccc(F)cc4)nc3c1C2c1ccccc1. The monoisotopic (exact) mass is 410 g/mol. The first kappa shape index (κ1) is 17.6. The number of rotatable bonds is 2. The predicted molar refractivity (Wildman–Crippen MR) is 112 cm³/mol. The summed E-state index contributed by atoms with van der Waals surface area (Å²) in [6.07, 6.45) is 1.55. The van der Waals surface area contributed by atoms with Gasteiger partial charge >= 0.3 is 0 Å². The van der Waals surface area contributed by atoms with E-state index in [0.717, 1.165) is 16.7 Å². The molecule has 2 aromatic heterocycles. The Balaban J connectivity index is 1.61. The Labute approximate surface area is 176 Å². The summed E-state index contributed by atoms with van der Waals surface area (Å²) in [6, 6.07) is 21.1. The lowest BCUT2D eigenvalue weighted by atomic mass is 9.84. The summed E-state index contributed by atoms with van der Waals surface area (Å²) >= 11 is 0. The highest BCUT2D eigenvalue weighted by atomic mass is 19.1. The van der Waals surface area contributed by atoms with Gasteiger partial charge in [-0.1, -0.05) is 36.4 Å². The molecule has 31 heavy (non-hydrogen) atoms. The van der Waals surface area contributed by atoms with E-state index in [2.05, 4.69) is 10.1 Å². The maximum Gasteiger partial charge on any atom is 0.228 e. The Hall–Kier alpha value is -4.26. The molecule has 0 saturated carbocycles. The molecule has 3 heterocycles. The molecule has 0 spiro atoms. The average molecular weight is 410 g/mol. The number of fused-ring (bicyclic) bond motifs is 4. The molecule has 1 aliphatic rings. The molecular formula is C24H15FN4O2. The Morgan fingerprint density at radius 3 is 2.58 bits per heavy atom. The fraction of sp³-hybridized carbons (Fsp3) is 0.0417. The van der Waals surface area contributed by atoms with Gasteiger partial charge in [-0.15, -0.1) is 5.10 Å². The molecule has 0 fully saturated rings. The second-order valence-corrected chi connectivity index (χ2v) is 7.34. The van der Waals surface area contributed by atoms with Crippen molar-refractivity contribution in [1.29, 1.82) is 0 Å². The van der Waals surface area contributed by atoms with E-state index in [1.165, 1.54) is 12.1 Å². The maximum atomic E-state index is 13.3. The zero-order valence-electron chi connectivity index (χ0n) is 16.1. The van der Waals surface area contributed by atoms with Crippen molar-refractivity contribution < 1.29 is 14.2 Å². The number of phenolic OH excluding ortho intramolecular Hbond substituents is 1. The minimum atomic E-state index is -0.316. The summed E-state index contributed by atoms with van der Waals surface area (Å²) in [5.41, 5.74) is 4.04. The molecule has 1 aliphatic heterocycles. The summed E-state index contributed by atoms with van der Waals surface area (Å²) in [4.78, 5) is 9.22. The molecule has 0 aliphatic carbocycles. The number of halogens is 1. The van der Waals surface area contributed by atoms with Crippen LogP contribution in [0.2, 0.25) is 0 Å². The van der Waals surface area contributed by atoms with Crippen LogP contribution in [0.25, 0.3) is 17.0 Å². The van der Waals surface area contributed by atoms with E-state index in [0.29, 0.717) is 28.7 Å². The summed E-state index contributed by atoms with van der Waals surface area (Å²) < 4.78 is 21.0. The molecule has 0 saturated heterocycles. The van der Waals surface area contributed by atoms with Crippen LogP contribution in [0.4, 0.5) is 4.39 Å². The molecule has 0 bridgehead atoms. The Kier molecular flexibility index (Phi) is 3.76. The van der Waals surface area contributed by atoms with Gasteiger partial charge in [0.1, 0.15) is 23.6 Å². The van der Waals surface area contributed by atoms with Crippen LogP contribution in [-0.2, 0) is 0 Å². The third kappa shape index (κ3) is 2.82. The molecular weight excluding hydrogens is 395 g/mol. The molecule has 0 radical (unpaired) electrons. The number of phenols is 1. The predicted octanol–water partition coefficient (Wildman–Crippen LogP) is 4.92. The third-order valence-corrected chi connectivity index (χ3v) is 5.43. The van der Waals surface area contributed by atoms with Crippen molar-refractivity contribution in [2.24, 2.45) is 0 Å². The molecule has 3 aromatic carbocycles. The van der Waals surface area contributed by atoms with Crippen molar-refractivity contribution >= 4 is 5.65 Å². The standard InChI is InChI=1S/C24H15FN4O2/c25-16-8-6-15(7-9-16)22-27-23-21-20(14-4-2-1-3-5-14)18-11-10-17(30)12-19(18)31-24(21)26-13-29(23)28-22/h1-13,20,30H. The molecule has 1 unspecified atom stereocenters. The van der Waals surface area contributed by atoms with E-state index >= 15 is 0 Å². The van der Waals surface area contributed by atoms with Crippen molar-refractivity contribution in [1.82, 2.24) is 19.6 Å². The van der Waals surface area contributed by atoms with Crippen molar-refractivity contribution in [2.45, 2.75) is 5.92 Å². The smallest absolute Gasteiger partial charge is 0.228 e. The first-order valence-electron chi connectivity index (χ1n) is 9.74. The van der Waals surface area contributed by atoms with Crippen molar-refractivity contribution in [3.63, 3.8) is 0 Å². The molecule has 1 atom stereocenters. The van der Waals surface area contributed by atoms with Gasteiger partial charge in [-0.05, 0) is 35.9 Å². The van der Waals surface area contributed by atoms with Gasteiger partial charge in [-0.3, -0.25) is 0 Å². The van der Waals surface area contributed by atoms with Gasteiger partial charge in [-0.25, -0.2) is 18.9 Å². The Morgan fingerprint density at radius 2 is 1.77 bits per heavy atom. The summed E-state index contributed by atoms with van der Waals surface area (Å²) in [6.45, 7) is 0. The summed E-state index contributed by atoms with van der Waals surface area (Å²) in [5.74, 6) is 1.04. The van der Waals surface area contributed by atoms with Crippen LogP contribution < -0.4 is 4.74 Å². The van der Waals surface area contributed by atoms with E-state index < -0.39 is 0 Å². The number of hydrogen-bond acceptors (Lipinski definition) is 5. The molecule has 150 valence electrons. The number of benzene rings is 3. The lowest BCUT2D eigenvalue weighted by Crippen LogP contribution is -2.14.